The second-order valence-electron chi connectivity index (χ2n) is 7.01. The van der Waals surface area contributed by atoms with E-state index < -0.39 is 17.5 Å². The summed E-state index contributed by atoms with van der Waals surface area (Å²) in [6.45, 7) is 5.51. The van der Waals surface area contributed by atoms with E-state index >= 15 is 0 Å². The van der Waals surface area contributed by atoms with Gasteiger partial charge in [0.1, 0.15) is 11.4 Å². The summed E-state index contributed by atoms with van der Waals surface area (Å²) < 4.78 is 18.5. The summed E-state index contributed by atoms with van der Waals surface area (Å²) in [5.74, 6) is -0.714. The number of hydrogen-bond acceptors (Lipinski definition) is 3. The van der Waals surface area contributed by atoms with Crippen LogP contribution in [-0.2, 0) is 4.74 Å². The van der Waals surface area contributed by atoms with Crippen LogP contribution in [0.25, 0.3) is 11.1 Å². The van der Waals surface area contributed by atoms with Crippen LogP contribution < -0.4 is 5.32 Å². The van der Waals surface area contributed by atoms with Gasteiger partial charge in [-0.25, -0.2) is 9.18 Å². The fraction of sp³-hybridized carbons (Fsp3) is 0.350. The van der Waals surface area contributed by atoms with Crippen LogP contribution in [0.2, 0.25) is 5.02 Å². The van der Waals surface area contributed by atoms with Crippen molar-refractivity contribution < 1.29 is 19.0 Å². The highest BCUT2D eigenvalue weighted by Gasteiger charge is 2.18. The van der Waals surface area contributed by atoms with Gasteiger partial charge < -0.3 is 15.2 Å². The highest BCUT2D eigenvalue weighted by Crippen LogP contribution is 2.26. The van der Waals surface area contributed by atoms with Gasteiger partial charge in [0.15, 0.2) is 0 Å². The first-order valence-corrected chi connectivity index (χ1v) is 8.70. The summed E-state index contributed by atoms with van der Waals surface area (Å²) in [5, 5.41) is 12.4. The number of ether oxygens (including phenoxy) is 1. The first-order chi connectivity index (χ1) is 12.2. The Balaban J connectivity index is 2.05. The molecule has 1 atom stereocenters. The molecule has 0 heterocycles. The van der Waals surface area contributed by atoms with Gasteiger partial charge in [0.2, 0.25) is 0 Å². The Morgan fingerprint density at radius 1 is 1.19 bits per heavy atom. The maximum Gasteiger partial charge on any atom is 0.407 e. The summed E-state index contributed by atoms with van der Waals surface area (Å²) in [6.07, 6.45) is -0.520. The van der Waals surface area contributed by atoms with Crippen LogP contribution >= 0.6 is 11.6 Å². The molecule has 2 aromatic rings. The van der Waals surface area contributed by atoms with E-state index in [1.165, 1.54) is 6.07 Å². The maximum atomic E-state index is 13.3. The molecule has 2 rings (SSSR count). The van der Waals surface area contributed by atoms with Crippen LogP contribution in [0.4, 0.5) is 9.18 Å². The lowest BCUT2D eigenvalue weighted by Crippen LogP contribution is -2.35. The third kappa shape index (κ3) is 5.71. The Bertz CT molecular complexity index is 757. The number of rotatable bonds is 5. The zero-order valence-corrected chi connectivity index (χ0v) is 15.8. The van der Waals surface area contributed by atoms with Crippen molar-refractivity contribution in [2.24, 2.45) is 0 Å². The zero-order valence-electron chi connectivity index (χ0n) is 15.1. The second-order valence-corrected chi connectivity index (χ2v) is 7.42. The van der Waals surface area contributed by atoms with Gasteiger partial charge in [-0.05, 0) is 49.6 Å². The molecule has 0 fully saturated rings. The van der Waals surface area contributed by atoms with Gasteiger partial charge in [-0.1, -0.05) is 41.9 Å². The topological polar surface area (TPSA) is 58.6 Å². The number of aliphatic hydroxyl groups is 1. The average molecular weight is 380 g/mol. The molecular formula is C20H23ClFNO3. The lowest BCUT2D eigenvalue weighted by Gasteiger charge is -2.21. The fourth-order valence-electron chi connectivity index (χ4n) is 2.43. The van der Waals surface area contributed by atoms with Crippen molar-refractivity contribution in [1.29, 1.82) is 0 Å². The first kappa shape index (κ1) is 20.2. The van der Waals surface area contributed by atoms with Gasteiger partial charge in [-0.2, -0.15) is 0 Å². The standard InChI is InChI=1S/C20H23ClFNO3/c1-20(2,3)26-19(25)23-11-16(12-24)14-6-4-13(5-7-14)15-8-9-18(22)17(21)10-15/h4-10,16,24H,11-12H2,1-3H3,(H,23,25). The Labute approximate surface area is 157 Å². The molecule has 0 aliphatic rings. The fourth-order valence-corrected chi connectivity index (χ4v) is 2.61. The smallest absolute Gasteiger partial charge is 0.407 e. The molecule has 1 amide bonds. The molecule has 4 nitrogen and oxygen atoms in total. The minimum atomic E-state index is -0.573. The van der Waals surface area contributed by atoms with Crippen LogP contribution in [0.5, 0.6) is 0 Å². The predicted molar refractivity (Wildman–Crippen MR) is 101 cm³/mol. The molecule has 26 heavy (non-hydrogen) atoms. The predicted octanol–water partition coefficient (Wildman–Crippen LogP) is 4.75. The molecule has 6 heteroatoms. The van der Waals surface area contributed by atoms with Crippen LogP contribution in [0.15, 0.2) is 42.5 Å². The molecule has 0 aliphatic heterocycles. The third-order valence-corrected chi connectivity index (χ3v) is 4.04. The molecule has 140 valence electrons. The van der Waals surface area contributed by atoms with Gasteiger partial charge in [0.05, 0.1) is 11.6 Å². The number of amides is 1. The van der Waals surface area contributed by atoms with Crippen molar-refractivity contribution in [3.8, 4) is 11.1 Å². The lowest BCUT2D eigenvalue weighted by molar-refractivity contribution is 0.0521. The Kier molecular flexibility index (Phi) is 6.62. The molecular weight excluding hydrogens is 357 g/mol. The molecule has 2 aromatic carbocycles. The van der Waals surface area contributed by atoms with Crippen molar-refractivity contribution in [1.82, 2.24) is 5.32 Å². The molecule has 0 saturated heterocycles. The van der Waals surface area contributed by atoms with Crippen LogP contribution in [0.1, 0.15) is 32.3 Å². The van der Waals surface area contributed by atoms with Crippen molar-refractivity contribution in [3.63, 3.8) is 0 Å². The summed E-state index contributed by atoms with van der Waals surface area (Å²) in [5.41, 5.74) is 1.99. The summed E-state index contributed by atoms with van der Waals surface area (Å²) in [4.78, 5) is 11.8. The molecule has 0 bridgehead atoms. The van der Waals surface area contributed by atoms with E-state index in [2.05, 4.69) is 5.32 Å². The Hall–Kier alpha value is -2.11. The number of aliphatic hydroxyl groups excluding tert-OH is 1. The normalized spacial score (nSPS) is 12.5. The molecule has 0 saturated carbocycles. The zero-order chi connectivity index (χ0) is 19.3. The van der Waals surface area contributed by atoms with E-state index in [0.717, 1.165) is 16.7 Å². The van der Waals surface area contributed by atoms with Crippen molar-refractivity contribution in [2.45, 2.75) is 32.3 Å². The van der Waals surface area contributed by atoms with E-state index in [1.807, 2.05) is 24.3 Å². The number of carbonyl (C=O) groups excluding carboxylic acids is 1. The number of hydrogen-bond donors (Lipinski definition) is 2. The summed E-state index contributed by atoms with van der Waals surface area (Å²) >= 11 is 5.82. The number of alkyl carbamates (subject to hydrolysis) is 1. The van der Waals surface area contributed by atoms with Gasteiger partial charge in [0.25, 0.3) is 0 Å². The number of benzene rings is 2. The second kappa shape index (κ2) is 8.52. The lowest BCUT2D eigenvalue weighted by atomic mass is 9.96. The largest absolute Gasteiger partial charge is 0.444 e. The minimum absolute atomic E-state index is 0.0707. The van der Waals surface area contributed by atoms with Gasteiger partial charge in [-0.3, -0.25) is 0 Å². The summed E-state index contributed by atoms with van der Waals surface area (Å²) in [7, 11) is 0. The van der Waals surface area contributed by atoms with E-state index in [9.17, 15) is 14.3 Å². The quantitative estimate of drug-likeness (QED) is 0.788. The number of nitrogens with one attached hydrogen (secondary N) is 1. The van der Waals surface area contributed by atoms with Crippen LogP contribution in [-0.4, -0.2) is 30.0 Å². The van der Waals surface area contributed by atoms with Gasteiger partial charge in [0, 0.05) is 12.5 Å². The van der Waals surface area contributed by atoms with Crippen LogP contribution in [0, 0.1) is 5.82 Å². The summed E-state index contributed by atoms with van der Waals surface area (Å²) in [6, 6.07) is 12.0. The molecule has 0 aromatic heterocycles. The van der Waals surface area contributed by atoms with E-state index in [4.69, 9.17) is 16.3 Å². The highest BCUT2D eigenvalue weighted by molar-refractivity contribution is 6.31. The molecule has 0 spiro atoms. The van der Waals surface area contributed by atoms with Crippen molar-refractivity contribution in [2.75, 3.05) is 13.2 Å². The molecule has 0 radical (unpaired) electrons. The molecule has 1 unspecified atom stereocenters. The molecule has 2 N–H and O–H groups in total. The minimum Gasteiger partial charge on any atom is -0.444 e. The Morgan fingerprint density at radius 2 is 1.81 bits per heavy atom. The molecule has 0 aliphatic carbocycles. The van der Waals surface area contributed by atoms with Gasteiger partial charge in [-0.15, -0.1) is 0 Å². The van der Waals surface area contributed by atoms with E-state index in [0.29, 0.717) is 0 Å². The highest BCUT2D eigenvalue weighted by atomic mass is 35.5. The first-order valence-electron chi connectivity index (χ1n) is 8.32. The number of carbonyl (C=O) groups is 1. The number of halogens is 2. The SMILES string of the molecule is CC(C)(C)OC(=O)NCC(CO)c1ccc(-c2ccc(F)c(Cl)c2)cc1. The monoisotopic (exact) mass is 379 g/mol. The van der Waals surface area contributed by atoms with Crippen molar-refractivity contribution >= 4 is 17.7 Å². The van der Waals surface area contributed by atoms with Gasteiger partial charge >= 0.3 is 6.09 Å². The third-order valence-electron chi connectivity index (χ3n) is 3.75. The maximum absolute atomic E-state index is 13.3. The van der Waals surface area contributed by atoms with Crippen LogP contribution in [0.3, 0.4) is 0 Å². The Morgan fingerprint density at radius 3 is 2.35 bits per heavy atom. The van der Waals surface area contributed by atoms with Crippen molar-refractivity contribution in [3.05, 3.63) is 58.9 Å². The average Bonchev–Trinajstić information content (AvgIpc) is 2.57. The van der Waals surface area contributed by atoms with E-state index in [-0.39, 0.29) is 24.1 Å². The van der Waals surface area contributed by atoms with E-state index in [1.54, 1.807) is 32.9 Å².